The van der Waals surface area contributed by atoms with Crippen molar-refractivity contribution >= 4 is 46.2 Å². The molecule has 3 fully saturated rings. The minimum Gasteiger partial charge on any atom is -0.457 e. The van der Waals surface area contributed by atoms with Gasteiger partial charge in [0.2, 0.25) is 0 Å². The predicted molar refractivity (Wildman–Crippen MR) is 196 cm³/mol. The van der Waals surface area contributed by atoms with Gasteiger partial charge in [0.1, 0.15) is 23.9 Å². The molecule has 12 atom stereocenters. The van der Waals surface area contributed by atoms with Gasteiger partial charge in [-0.3, -0.25) is 14.4 Å². The van der Waals surface area contributed by atoms with Crippen molar-refractivity contribution in [3.05, 3.63) is 0 Å². The number of fused-ring (bicyclic) bond motifs is 1. The number of amides is 1. The highest BCUT2D eigenvalue weighted by Gasteiger charge is 2.58. The van der Waals surface area contributed by atoms with Gasteiger partial charge in [-0.25, -0.2) is 4.79 Å². The Morgan fingerprint density at radius 1 is 1.02 bits per heavy atom. The Labute approximate surface area is 308 Å². The topological polar surface area (TPSA) is 130 Å². The Morgan fingerprint density at radius 3 is 2.14 bits per heavy atom. The van der Waals surface area contributed by atoms with E-state index in [-0.39, 0.29) is 43.3 Å². The van der Waals surface area contributed by atoms with E-state index in [1.54, 1.807) is 41.5 Å². The van der Waals surface area contributed by atoms with Crippen LogP contribution < -0.4 is 5.32 Å². The lowest BCUT2D eigenvalue weighted by Crippen LogP contribution is -2.60. The molecule has 3 aliphatic rings. The van der Waals surface area contributed by atoms with E-state index >= 15 is 0 Å². The van der Waals surface area contributed by atoms with E-state index in [0.717, 1.165) is 6.42 Å². The first kappa shape index (κ1) is 43.4. The fourth-order valence-corrected chi connectivity index (χ4v) is 7.84. The Hall–Kier alpha value is -1.79. The van der Waals surface area contributed by atoms with Gasteiger partial charge in [0.05, 0.1) is 23.9 Å². The van der Waals surface area contributed by atoms with Crippen LogP contribution in [0.2, 0.25) is 0 Å². The summed E-state index contributed by atoms with van der Waals surface area (Å²) < 4.78 is 32.5. The van der Waals surface area contributed by atoms with Crippen molar-refractivity contribution in [2.24, 2.45) is 29.1 Å². The third-order valence-electron chi connectivity index (χ3n) is 10.6. The fourth-order valence-electron chi connectivity index (χ4n) is 7.84. The van der Waals surface area contributed by atoms with Gasteiger partial charge in [-0.2, -0.15) is 0 Å². The first-order chi connectivity index (χ1) is 22.7. The molecule has 3 heterocycles. The van der Waals surface area contributed by atoms with E-state index in [0.29, 0.717) is 0 Å². The van der Waals surface area contributed by atoms with Crippen molar-refractivity contribution < 1.29 is 42.9 Å². The third kappa shape index (κ3) is 9.56. The van der Waals surface area contributed by atoms with Crippen molar-refractivity contribution in [2.75, 3.05) is 25.1 Å². The summed E-state index contributed by atoms with van der Waals surface area (Å²) in [7, 11) is 4.03. The van der Waals surface area contributed by atoms with E-state index in [2.05, 4.69) is 45.7 Å². The molecule has 1 amide bonds. The van der Waals surface area contributed by atoms with Crippen LogP contribution in [-0.2, 0) is 38.1 Å². The molecule has 3 rings (SSSR count). The summed E-state index contributed by atoms with van der Waals surface area (Å²) in [5.41, 5.74) is -4.23. The fraction of sp³-hybridized carbons (Fsp3) is 0.838. The SMILES string of the molecule is C#CCO[C@@]1(C)C[C@@H](C)C(=O)[C@H](C)[C@H]2NC(=O)O[C@]2(C)[C@@H](CC)OC(=O)C(C)(C)C(=O)[C@H](C)[C@H]1O[C@@H]1O[C@H](C)C[C@H](N(C)C)[C@H]1C.CCI. The highest BCUT2D eigenvalue weighted by atomic mass is 127. The summed E-state index contributed by atoms with van der Waals surface area (Å²) >= 11 is 2.29. The summed E-state index contributed by atoms with van der Waals surface area (Å²) in [6.45, 7) is 19.6. The van der Waals surface area contributed by atoms with Crippen molar-refractivity contribution in [1.29, 1.82) is 0 Å². The number of halogens is 1. The zero-order valence-electron chi connectivity index (χ0n) is 31.9. The van der Waals surface area contributed by atoms with Crippen LogP contribution in [-0.4, -0.2) is 102 Å². The molecule has 0 radical (unpaired) electrons. The first-order valence-electron chi connectivity index (χ1n) is 17.6. The van der Waals surface area contributed by atoms with Gasteiger partial charge >= 0.3 is 12.1 Å². The van der Waals surface area contributed by atoms with Crippen LogP contribution in [0.25, 0.3) is 0 Å². The van der Waals surface area contributed by atoms with E-state index in [1.165, 1.54) is 18.3 Å². The molecular weight excluding hydrogens is 743 g/mol. The number of nitrogens with zero attached hydrogens (tertiary/aromatic N) is 1. The molecule has 0 spiro atoms. The lowest BCUT2D eigenvalue weighted by atomic mass is 9.71. The van der Waals surface area contributed by atoms with Gasteiger partial charge in [0.25, 0.3) is 0 Å². The molecule has 3 saturated heterocycles. The Kier molecular flexibility index (Phi) is 15.6. The Balaban J connectivity index is 0.00000267. The van der Waals surface area contributed by atoms with Crippen LogP contribution in [0.5, 0.6) is 0 Å². The monoisotopic (exact) mass is 804 g/mol. The Morgan fingerprint density at radius 2 is 1.61 bits per heavy atom. The molecular formula is C37H61IN2O9. The molecule has 3 aliphatic heterocycles. The zero-order valence-corrected chi connectivity index (χ0v) is 34.0. The van der Waals surface area contributed by atoms with E-state index < -0.39 is 76.8 Å². The highest BCUT2D eigenvalue weighted by Crippen LogP contribution is 2.42. The molecule has 1 N–H and O–H groups in total. The second kappa shape index (κ2) is 17.6. The maximum Gasteiger partial charge on any atom is 0.408 e. The molecule has 0 aromatic heterocycles. The number of rotatable bonds is 6. The summed E-state index contributed by atoms with van der Waals surface area (Å²) in [4.78, 5) is 57.2. The van der Waals surface area contributed by atoms with Crippen LogP contribution in [0.4, 0.5) is 4.79 Å². The second-order valence-electron chi connectivity index (χ2n) is 15.1. The smallest absolute Gasteiger partial charge is 0.408 e. The van der Waals surface area contributed by atoms with Gasteiger partial charge in [-0.15, -0.1) is 6.42 Å². The third-order valence-corrected chi connectivity index (χ3v) is 10.6. The van der Waals surface area contributed by atoms with Crippen LogP contribution >= 0.6 is 22.6 Å². The molecule has 11 nitrogen and oxygen atoms in total. The number of carbonyl (C=O) groups is 4. The highest BCUT2D eigenvalue weighted by molar-refractivity contribution is 14.1. The molecule has 49 heavy (non-hydrogen) atoms. The van der Waals surface area contributed by atoms with Crippen molar-refractivity contribution in [2.45, 2.75) is 143 Å². The van der Waals surface area contributed by atoms with Crippen molar-refractivity contribution in [3.63, 3.8) is 0 Å². The number of alkyl carbamates (subject to hydrolysis) is 1. The molecule has 0 bridgehead atoms. The number of hydrogen-bond donors (Lipinski definition) is 1. The summed E-state index contributed by atoms with van der Waals surface area (Å²) in [5, 5.41) is 2.79. The lowest BCUT2D eigenvalue weighted by Gasteiger charge is -2.48. The largest absolute Gasteiger partial charge is 0.457 e. The average Bonchev–Trinajstić information content (AvgIpc) is 3.34. The molecule has 0 saturated carbocycles. The maximum atomic E-state index is 14.4. The van der Waals surface area contributed by atoms with Crippen molar-refractivity contribution in [3.8, 4) is 12.3 Å². The number of terminal acetylenes is 1. The number of alkyl halides is 1. The normalized spacial score (nSPS) is 40.1. The number of ketones is 2. The van der Waals surface area contributed by atoms with Crippen LogP contribution in [0.3, 0.4) is 0 Å². The van der Waals surface area contributed by atoms with E-state index in [1.807, 2.05) is 27.9 Å². The van der Waals surface area contributed by atoms with Gasteiger partial charge in [0.15, 0.2) is 17.7 Å². The number of nitrogens with one attached hydrogen (secondary N) is 1. The number of esters is 1. The minimum atomic E-state index is -1.61. The van der Waals surface area contributed by atoms with E-state index in [4.69, 9.17) is 30.1 Å². The molecule has 0 aromatic carbocycles. The minimum absolute atomic E-state index is 0.0792. The Bertz CT molecular complexity index is 1220. The maximum absolute atomic E-state index is 14.4. The molecule has 0 aromatic rings. The molecule has 0 unspecified atom stereocenters. The number of hydrogen-bond acceptors (Lipinski definition) is 10. The summed E-state index contributed by atoms with van der Waals surface area (Å²) in [6, 6.07) is -0.646. The molecule has 12 heteroatoms. The van der Waals surface area contributed by atoms with Crippen LogP contribution in [0, 0.1) is 41.4 Å². The number of carbonyl (C=O) groups excluding carboxylic acids is 4. The lowest BCUT2D eigenvalue weighted by molar-refractivity contribution is -0.282. The van der Waals surface area contributed by atoms with Gasteiger partial charge in [-0.1, -0.05) is 70.1 Å². The summed E-state index contributed by atoms with van der Waals surface area (Å²) in [6.07, 6.45) is 3.49. The predicted octanol–water partition coefficient (Wildman–Crippen LogP) is 5.59. The second-order valence-corrected chi connectivity index (χ2v) is 16.7. The van der Waals surface area contributed by atoms with Crippen molar-refractivity contribution in [1.82, 2.24) is 10.2 Å². The van der Waals surface area contributed by atoms with Gasteiger partial charge in [0, 0.05) is 29.7 Å². The molecule has 0 aliphatic carbocycles. The molecule has 280 valence electrons. The standard InChI is InChI=1S/C35H56N2O9.C2H5I/c1-14-16-42-34(10)18-19(3)26(38)22(6)27-35(11,46-32(41)36-27)25(15-2)44-31(40)33(8,9)28(39)23(7)29(34)45-30-21(5)24(37(12)13)17-20(4)43-30;1-2-3/h1,19-25,27,29-30H,15-18H2,2-13H3,(H,36,41);2H2,1H3/t19-,20-,21-,22+,23+,24+,25-,27-,29-,30+,34+,35-;/m1./s1. The van der Waals surface area contributed by atoms with Crippen LogP contribution in [0.1, 0.15) is 95.4 Å². The van der Waals surface area contributed by atoms with Gasteiger partial charge < -0.3 is 33.9 Å². The number of ether oxygens (including phenoxy) is 5. The number of Topliss-reactive ketones (excluding diaryl/α,β-unsaturated/α-hetero) is 2. The summed E-state index contributed by atoms with van der Waals surface area (Å²) in [5.74, 6) is -1.14. The van der Waals surface area contributed by atoms with E-state index in [9.17, 15) is 19.2 Å². The first-order valence-corrected chi connectivity index (χ1v) is 19.1. The van der Waals surface area contributed by atoms with Crippen LogP contribution in [0.15, 0.2) is 0 Å². The number of cyclic esters (lactones) is 1. The quantitative estimate of drug-likeness (QED) is 0.119. The zero-order chi connectivity index (χ0) is 37.6. The van der Waals surface area contributed by atoms with Gasteiger partial charge in [-0.05, 0) is 72.4 Å². The average molecular weight is 805 g/mol.